The van der Waals surface area contributed by atoms with E-state index in [1.165, 1.54) is 25.6 Å². The maximum absolute atomic E-state index is 12.4. The van der Waals surface area contributed by atoms with Crippen molar-refractivity contribution in [3.8, 4) is 5.75 Å². The van der Waals surface area contributed by atoms with Crippen LogP contribution in [0, 0.1) is 0 Å². The molecule has 2 N–H and O–H groups in total. The highest BCUT2D eigenvalue weighted by atomic mass is 32.1. The van der Waals surface area contributed by atoms with Gasteiger partial charge in [0.25, 0.3) is 5.91 Å². The first-order chi connectivity index (χ1) is 12.1. The summed E-state index contributed by atoms with van der Waals surface area (Å²) >= 11 is 1.36. The van der Waals surface area contributed by atoms with Crippen LogP contribution >= 0.6 is 11.3 Å². The molecule has 0 spiro atoms. The smallest absolute Gasteiger partial charge is 0.322 e. The molecule has 8 heteroatoms. The monoisotopic (exact) mass is 361 g/mol. The van der Waals surface area contributed by atoms with Gasteiger partial charge in [-0.05, 0) is 18.6 Å². The van der Waals surface area contributed by atoms with Crippen molar-refractivity contribution in [2.75, 3.05) is 26.1 Å². The number of nitrogens with zero attached hydrogens (tertiary/aromatic N) is 1. The number of hydrogen-bond acceptors (Lipinski definition) is 7. The molecular weight excluding hydrogens is 342 g/mol. The number of hydrogen-bond donors (Lipinski definition) is 2. The Hall–Kier alpha value is -2.45. The summed E-state index contributed by atoms with van der Waals surface area (Å²) < 4.78 is 9.96. The molecule has 25 heavy (non-hydrogen) atoms. The fourth-order valence-electron chi connectivity index (χ4n) is 2.81. The Morgan fingerprint density at radius 1 is 1.32 bits per heavy atom. The zero-order chi connectivity index (χ0) is 17.8. The molecule has 1 fully saturated rings. The van der Waals surface area contributed by atoms with Gasteiger partial charge in [-0.25, -0.2) is 4.98 Å². The highest BCUT2D eigenvalue weighted by molar-refractivity contribution is 7.14. The van der Waals surface area contributed by atoms with E-state index in [-0.39, 0.29) is 23.8 Å². The number of benzene rings is 1. The third kappa shape index (κ3) is 3.80. The van der Waals surface area contributed by atoms with Crippen LogP contribution in [-0.4, -0.2) is 43.7 Å². The predicted molar refractivity (Wildman–Crippen MR) is 94.2 cm³/mol. The highest BCUT2D eigenvalue weighted by Gasteiger charge is 2.32. The number of aromatic nitrogens is 1. The Labute approximate surface area is 149 Å². The lowest BCUT2D eigenvalue weighted by molar-refractivity contribution is -0.142. The molecule has 2 aromatic rings. The zero-order valence-electron chi connectivity index (χ0n) is 13.9. The summed E-state index contributed by atoms with van der Waals surface area (Å²) in [6.07, 6.45) is 0.635. The summed E-state index contributed by atoms with van der Waals surface area (Å²) in [5, 5.41) is 8.36. The molecule has 1 aromatic heterocycles. The topological polar surface area (TPSA) is 89.5 Å². The van der Waals surface area contributed by atoms with Crippen molar-refractivity contribution in [1.29, 1.82) is 0 Å². The molecule has 7 nitrogen and oxygen atoms in total. The summed E-state index contributed by atoms with van der Waals surface area (Å²) in [7, 11) is 2.91. The van der Waals surface area contributed by atoms with Crippen molar-refractivity contribution in [1.82, 2.24) is 10.3 Å². The number of ether oxygens (including phenoxy) is 2. The van der Waals surface area contributed by atoms with E-state index in [1.807, 2.05) is 11.4 Å². The molecule has 2 atom stereocenters. The molecule has 0 radical (unpaired) electrons. The van der Waals surface area contributed by atoms with Crippen LogP contribution in [0.15, 0.2) is 29.6 Å². The van der Waals surface area contributed by atoms with Crippen LogP contribution < -0.4 is 15.4 Å². The van der Waals surface area contributed by atoms with Crippen LogP contribution in [0.4, 0.5) is 5.13 Å². The highest BCUT2D eigenvalue weighted by Crippen LogP contribution is 2.29. The summed E-state index contributed by atoms with van der Waals surface area (Å²) in [6, 6.07) is 6.72. The third-order valence-electron chi connectivity index (χ3n) is 4.13. The zero-order valence-corrected chi connectivity index (χ0v) is 14.8. The number of para-hydroxylation sites is 1. The van der Waals surface area contributed by atoms with Crippen molar-refractivity contribution < 1.29 is 19.1 Å². The van der Waals surface area contributed by atoms with E-state index < -0.39 is 0 Å². The summed E-state index contributed by atoms with van der Waals surface area (Å²) in [4.78, 5) is 28.5. The molecular formula is C17H19N3O4S. The molecule has 3 rings (SSSR count). The van der Waals surface area contributed by atoms with Crippen molar-refractivity contribution in [3.63, 3.8) is 0 Å². The quantitative estimate of drug-likeness (QED) is 0.792. The van der Waals surface area contributed by atoms with Gasteiger partial charge in [0.15, 0.2) is 5.13 Å². The fraction of sp³-hybridized carbons (Fsp3) is 0.353. The Balaban J connectivity index is 1.66. The SMILES string of the molecule is COC(=O)C1CC(c2csc(NC(=O)c3ccccc3OC)n2)CN1. The van der Waals surface area contributed by atoms with Gasteiger partial charge in [0.05, 0.1) is 25.5 Å². The van der Waals surface area contributed by atoms with E-state index in [0.717, 1.165) is 5.69 Å². The Morgan fingerprint density at radius 3 is 2.88 bits per heavy atom. The molecule has 2 heterocycles. The van der Waals surface area contributed by atoms with Gasteiger partial charge in [-0.3, -0.25) is 14.9 Å². The number of methoxy groups -OCH3 is 2. The Bertz CT molecular complexity index is 777. The van der Waals surface area contributed by atoms with Crippen LogP contribution in [0.2, 0.25) is 0 Å². The van der Waals surface area contributed by atoms with Crippen LogP contribution in [0.25, 0.3) is 0 Å². The summed E-state index contributed by atoms with van der Waals surface area (Å²) in [5.74, 6) is 0.104. The standard InChI is InChI=1S/C17H19N3O4S/c1-23-14-6-4-3-5-11(14)15(21)20-17-19-13(9-25-17)10-7-12(18-8-10)16(22)24-2/h3-6,9-10,12,18H,7-8H2,1-2H3,(H,19,20,21). The predicted octanol–water partition coefficient (Wildman–Crippen LogP) is 2.02. The minimum absolute atomic E-state index is 0.122. The number of thiazole rings is 1. The maximum atomic E-state index is 12.4. The van der Waals surface area contributed by atoms with Crippen molar-refractivity contribution >= 4 is 28.3 Å². The maximum Gasteiger partial charge on any atom is 0.322 e. The van der Waals surface area contributed by atoms with Crippen molar-refractivity contribution in [3.05, 3.63) is 40.9 Å². The molecule has 1 amide bonds. The van der Waals surface area contributed by atoms with Crippen LogP contribution in [0.5, 0.6) is 5.75 Å². The molecule has 0 bridgehead atoms. The number of esters is 1. The van der Waals surface area contributed by atoms with Gasteiger partial charge in [-0.15, -0.1) is 11.3 Å². The number of amides is 1. The van der Waals surface area contributed by atoms with E-state index in [2.05, 4.69) is 15.6 Å². The van der Waals surface area contributed by atoms with E-state index in [1.54, 1.807) is 18.2 Å². The van der Waals surface area contributed by atoms with Crippen LogP contribution in [0.1, 0.15) is 28.4 Å². The normalized spacial score (nSPS) is 19.4. The Morgan fingerprint density at radius 2 is 2.12 bits per heavy atom. The van der Waals surface area contributed by atoms with E-state index in [0.29, 0.717) is 29.4 Å². The van der Waals surface area contributed by atoms with Gasteiger partial charge < -0.3 is 14.8 Å². The van der Waals surface area contributed by atoms with E-state index in [4.69, 9.17) is 9.47 Å². The lowest BCUT2D eigenvalue weighted by atomic mass is 10.0. The average Bonchev–Trinajstić information content (AvgIpc) is 3.30. The molecule has 132 valence electrons. The molecule has 2 unspecified atom stereocenters. The molecule has 1 saturated heterocycles. The second kappa shape index (κ2) is 7.62. The van der Waals surface area contributed by atoms with Crippen LogP contribution in [0.3, 0.4) is 0 Å². The largest absolute Gasteiger partial charge is 0.496 e. The van der Waals surface area contributed by atoms with Gasteiger partial charge in [0, 0.05) is 17.8 Å². The minimum atomic E-state index is -0.302. The van der Waals surface area contributed by atoms with Crippen LogP contribution in [-0.2, 0) is 9.53 Å². The first-order valence-electron chi connectivity index (χ1n) is 7.83. The average molecular weight is 361 g/mol. The van der Waals surface area contributed by atoms with E-state index in [9.17, 15) is 9.59 Å². The fourth-order valence-corrected chi connectivity index (χ4v) is 3.60. The number of carbonyl (C=O) groups is 2. The number of nitrogens with one attached hydrogen (secondary N) is 2. The van der Waals surface area contributed by atoms with Gasteiger partial charge >= 0.3 is 5.97 Å². The minimum Gasteiger partial charge on any atom is -0.496 e. The van der Waals surface area contributed by atoms with Crippen molar-refractivity contribution in [2.45, 2.75) is 18.4 Å². The molecule has 1 aromatic carbocycles. The lowest BCUT2D eigenvalue weighted by Gasteiger charge is -2.07. The number of rotatable bonds is 5. The second-order valence-corrected chi connectivity index (χ2v) is 6.51. The number of anilines is 1. The summed E-state index contributed by atoms with van der Waals surface area (Å²) in [6.45, 7) is 0.656. The third-order valence-corrected chi connectivity index (χ3v) is 4.90. The molecule has 0 aliphatic carbocycles. The van der Waals surface area contributed by atoms with Gasteiger partial charge in [-0.1, -0.05) is 12.1 Å². The van der Waals surface area contributed by atoms with Crippen molar-refractivity contribution in [2.24, 2.45) is 0 Å². The molecule has 0 saturated carbocycles. The van der Waals surface area contributed by atoms with Gasteiger partial charge in [-0.2, -0.15) is 0 Å². The summed E-state index contributed by atoms with van der Waals surface area (Å²) in [5.41, 5.74) is 1.31. The first kappa shape index (κ1) is 17.4. The number of carbonyl (C=O) groups excluding carboxylic acids is 2. The molecule has 1 aliphatic heterocycles. The van der Waals surface area contributed by atoms with E-state index >= 15 is 0 Å². The first-order valence-corrected chi connectivity index (χ1v) is 8.71. The van der Waals surface area contributed by atoms with Gasteiger partial charge in [0.1, 0.15) is 11.8 Å². The lowest BCUT2D eigenvalue weighted by Crippen LogP contribution is -2.31. The molecule has 1 aliphatic rings. The Kier molecular flexibility index (Phi) is 5.30. The van der Waals surface area contributed by atoms with Gasteiger partial charge in [0.2, 0.25) is 0 Å². The second-order valence-electron chi connectivity index (χ2n) is 5.65.